The Bertz CT molecular complexity index is 847. The number of hydrazine groups is 1. The van der Waals surface area contributed by atoms with Crippen LogP contribution in [-0.4, -0.2) is 37.9 Å². The Labute approximate surface area is 182 Å². The summed E-state index contributed by atoms with van der Waals surface area (Å²) in [6.45, 7) is 6.96. The molecule has 1 fully saturated rings. The average Bonchev–Trinajstić information content (AvgIpc) is 3.09. The van der Waals surface area contributed by atoms with Crippen LogP contribution in [0.15, 0.2) is 42.5 Å². The first kappa shape index (κ1) is 22.2. The van der Waals surface area contributed by atoms with Crippen molar-refractivity contribution in [2.45, 2.75) is 38.9 Å². The number of nitrogens with one attached hydrogen (secondary N) is 3. The highest BCUT2D eigenvalue weighted by Crippen LogP contribution is 2.34. The van der Waals surface area contributed by atoms with E-state index in [4.69, 9.17) is 25.8 Å². The molecule has 0 saturated carbocycles. The maximum atomic E-state index is 12.5. The predicted molar refractivity (Wildman–Crippen MR) is 116 cm³/mol. The molecular weight excluding hydrogens is 406 g/mol. The zero-order valence-electron chi connectivity index (χ0n) is 17.4. The van der Waals surface area contributed by atoms with Gasteiger partial charge in [0.15, 0.2) is 18.1 Å². The molecule has 3 unspecified atom stereocenters. The van der Waals surface area contributed by atoms with Gasteiger partial charge in [-0.3, -0.25) is 10.2 Å². The molecule has 0 bridgehead atoms. The Morgan fingerprint density at radius 2 is 1.70 bits per heavy atom. The Morgan fingerprint density at radius 3 is 2.40 bits per heavy atom. The lowest BCUT2D eigenvalue weighted by Crippen LogP contribution is -2.47. The fourth-order valence-electron chi connectivity index (χ4n) is 3.47. The van der Waals surface area contributed by atoms with E-state index < -0.39 is 0 Å². The maximum absolute atomic E-state index is 12.5. The van der Waals surface area contributed by atoms with Gasteiger partial charge in [0.2, 0.25) is 0 Å². The second kappa shape index (κ2) is 10.5. The van der Waals surface area contributed by atoms with Crippen LogP contribution in [0.2, 0.25) is 5.02 Å². The predicted octanol–water partition coefficient (Wildman–Crippen LogP) is 3.24. The third-order valence-corrected chi connectivity index (χ3v) is 5.07. The summed E-state index contributed by atoms with van der Waals surface area (Å²) >= 11 is 5.87. The second-order valence-electron chi connectivity index (χ2n) is 6.96. The molecule has 30 heavy (non-hydrogen) atoms. The summed E-state index contributed by atoms with van der Waals surface area (Å²) in [6.07, 6.45) is -0.297. The normalized spacial score (nSPS) is 20.6. The van der Waals surface area contributed by atoms with E-state index in [0.717, 1.165) is 5.56 Å². The smallest absolute Gasteiger partial charge is 0.259 e. The molecule has 2 aromatic rings. The molecule has 3 rings (SSSR count). The summed E-state index contributed by atoms with van der Waals surface area (Å²) in [6, 6.07) is 12.9. The number of carbonyl (C=O) groups is 1. The zero-order chi connectivity index (χ0) is 21.5. The summed E-state index contributed by atoms with van der Waals surface area (Å²) in [5.74, 6) is 1.78. The third-order valence-electron chi connectivity index (χ3n) is 4.82. The molecule has 8 heteroatoms. The monoisotopic (exact) mass is 433 g/mol. The van der Waals surface area contributed by atoms with Crippen LogP contribution in [0.5, 0.6) is 17.2 Å². The van der Waals surface area contributed by atoms with Gasteiger partial charge in [-0.05, 0) is 62.7 Å². The van der Waals surface area contributed by atoms with E-state index in [2.05, 4.69) is 23.1 Å². The van der Waals surface area contributed by atoms with Crippen molar-refractivity contribution in [1.82, 2.24) is 16.2 Å². The van der Waals surface area contributed by atoms with Gasteiger partial charge >= 0.3 is 0 Å². The molecule has 1 amide bonds. The quantitative estimate of drug-likeness (QED) is 0.563. The maximum Gasteiger partial charge on any atom is 0.259 e. The van der Waals surface area contributed by atoms with Crippen LogP contribution in [0.4, 0.5) is 0 Å². The van der Waals surface area contributed by atoms with E-state index >= 15 is 0 Å². The van der Waals surface area contributed by atoms with E-state index in [1.807, 2.05) is 32.0 Å². The number of halogens is 1. The topological polar surface area (TPSA) is 80.9 Å². The minimum atomic E-state index is -0.297. The van der Waals surface area contributed by atoms with Crippen molar-refractivity contribution >= 4 is 17.5 Å². The van der Waals surface area contributed by atoms with Gasteiger partial charge in [-0.25, -0.2) is 5.43 Å². The van der Waals surface area contributed by atoms with Crippen LogP contribution in [0.3, 0.4) is 0 Å². The first-order valence-corrected chi connectivity index (χ1v) is 10.5. The minimum Gasteiger partial charge on any atom is -0.490 e. The number of amides is 1. The van der Waals surface area contributed by atoms with Crippen molar-refractivity contribution in [3.63, 3.8) is 0 Å². The van der Waals surface area contributed by atoms with Gasteiger partial charge in [0.1, 0.15) is 11.9 Å². The lowest BCUT2D eigenvalue weighted by Gasteiger charge is -2.23. The number of hydrogen-bond acceptors (Lipinski definition) is 6. The number of benzene rings is 2. The standard InChI is InChI=1S/C22H28ClN3O4/c1-4-28-18-11-6-15(12-19(18)29-5-2)21-14(3)25-26-22(21)24-20(27)13-30-17-9-7-16(23)8-10-17/h6-12,14,21-22,25-26H,4-5,13H2,1-3H3,(H,24,27). The van der Waals surface area contributed by atoms with Crippen molar-refractivity contribution < 1.29 is 19.0 Å². The van der Waals surface area contributed by atoms with Gasteiger partial charge in [-0.1, -0.05) is 17.7 Å². The van der Waals surface area contributed by atoms with Gasteiger partial charge < -0.3 is 19.5 Å². The summed E-state index contributed by atoms with van der Waals surface area (Å²) in [5.41, 5.74) is 7.40. The molecular formula is C22H28ClN3O4. The third kappa shape index (κ3) is 5.56. The van der Waals surface area contributed by atoms with Crippen LogP contribution in [-0.2, 0) is 4.79 Å². The second-order valence-corrected chi connectivity index (χ2v) is 7.40. The lowest BCUT2D eigenvalue weighted by molar-refractivity contribution is -0.124. The lowest BCUT2D eigenvalue weighted by atomic mass is 9.91. The number of rotatable bonds is 9. The fraction of sp³-hybridized carbons (Fsp3) is 0.409. The van der Waals surface area contributed by atoms with E-state index in [9.17, 15) is 4.79 Å². The Hall–Kier alpha value is -2.48. The van der Waals surface area contributed by atoms with Gasteiger partial charge in [0, 0.05) is 17.0 Å². The molecule has 7 nitrogen and oxygen atoms in total. The molecule has 0 aliphatic carbocycles. The van der Waals surface area contributed by atoms with Crippen molar-refractivity contribution in [1.29, 1.82) is 0 Å². The molecule has 1 heterocycles. The summed E-state index contributed by atoms with van der Waals surface area (Å²) in [5, 5.41) is 3.61. The fourth-order valence-corrected chi connectivity index (χ4v) is 3.59. The molecule has 1 aliphatic heterocycles. The van der Waals surface area contributed by atoms with Crippen LogP contribution < -0.4 is 30.4 Å². The van der Waals surface area contributed by atoms with Gasteiger partial charge in [-0.2, -0.15) is 0 Å². The Kier molecular flexibility index (Phi) is 7.79. The minimum absolute atomic E-state index is 0.000588. The SMILES string of the molecule is CCOc1ccc(C2C(C)NNC2NC(=O)COc2ccc(Cl)cc2)cc1OCC. The van der Waals surface area contributed by atoms with Crippen molar-refractivity contribution in [2.24, 2.45) is 0 Å². The number of carbonyl (C=O) groups excluding carboxylic acids is 1. The highest BCUT2D eigenvalue weighted by Gasteiger charge is 2.35. The van der Waals surface area contributed by atoms with Crippen molar-refractivity contribution in [3.05, 3.63) is 53.1 Å². The first-order valence-electron chi connectivity index (χ1n) is 10.1. The zero-order valence-corrected chi connectivity index (χ0v) is 18.2. The molecule has 162 valence electrons. The molecule has 1 saturated heterocycles. The highest BCUT2D eigenvalue weighted by molar-refractivity contribution is 6.30. The van der Waals surface area contributed by atoms with E-state index in [-0.39, 0.29) is 30.6 Å². The van der Waals surface area contributed by atoms with Crippen LogP contribution in [0.25, 0.3) is 0 Å². The molecule has 0 radical (unpaired) electrons. The van der Waals surface area contributed by atoms with E-state index in [1.54, 1.807) is 24.3 Å². The van der Waals surface area contributed by atoms with Crippen molar-refractivity contribution in [2.75, 3.05) is 19.8 Å². The first-order chi connectivity index (χ1) is 14.5. The highest BCUT2D eigenvalue weighted by atomic mass is 35.5. The summed E-state index contributed by atoms with van der Waals surface area (Å²) in [7, 11) is 0. The van der Waals surface area contributed by atoms with Crippen LogP contribution in [0.1, 0.15) is 32.3 Å². The molecule has 0 aromatic heterocycles. The largest absolute Gasteiger partial charge is 0.490 e. The van der Waals surface area contributed by atoms with E-state index in [0.29, 0.717) is 35.5 Å². The molecule has 0 spiro atoms. The Morgan fingerprint density at radius 1 is 1.00 bits per heavy atom. The van der Waals surface area contributed by atoms with Crippen LogP contribution >= 0.6 is 11.6 Å². The van der Waals surface area contributed by atoms with E-state index in [1.165, 1.54) is 0 Å². The van der Waals surface area contributed by atoms with Crippen LogP contribution in [0, 0.1) is 0 Å². The van der Waals surface area contributed by atoms with Crippen molar-refractivity contribution in [3.8, 4) is 17.2 Å². The number of hydrogen-bond donors (Lipinski definition) is 3. The summed E-state index contributed by atoms with van der Waals surface area (Å²) < 4.78 is 16.9. The van der Waals surface area contributed by atoms with Gasteiger partial charge in [0.05, 0.1) is 13.2 Å². The molecule has 2 aromatic carbocycles. The molecule has 3 atom stereocenters. The van der Waals surface area contributed by atoms with Gasteiger partial charge in [0.25, 0.3) is 5.91 Å². The Balaban J connectivity index is 1.67. The number of ether oxygens (including phenoxy) is 3. The molecule has 1 aliphatic rings. The molecule has 3 N–H and O–H groups in total. The summed E-state index contributed by atoms with van der Waals surface area (Å²) in [4.78, 5) is 12.5. The average molecular weight is 434 g/mol. The van der Waals surface area contributed by atoms with Gasteiger partial charge in [-0.15, -0.1) is 0 Å².